The van der Waals surface area contributed by atoms with Gasteiger partial charge in [0, 0.05) is 56.8 Å². The average Bonchev–Trinajstić information content (AvgIpc) is 3.44. The number of hydrogen-bond acceptors (Lipinski definition) is 4. The first-order chi connectivity index (χ1) is 14.7. The number of anilines is 1. The van der Waals surface area contributed by atoms with Gasteiger partial charge in [-0.05, 0) is 54.7 Å². The smallest absolute Gasteiger partial charge is 0.246 e. The second-order valence-electron chi connectivity index (χ2n) is 7.79. The Morgan fingerprint density at radius 3 is 2.77 bits per heavy atom. The molecule has 0 radical (unpaired) electrons. The normalized spacial score (nSPS) is 19.0. The molecular formula is C24H27N3O3. The van der Waals surface area contributed by atoms with Gasteiger partial charge in [0.2, 0.25) is 11.8 Å². The van der Waals surface area contributed by atoms with Crippen molar-refractivity contribution in [1.82, 2.24) is 9.88 Å². The molecule has 3 heterocycles. The Balaban J connectivity index is 1.42. The molecule has 0 N–H and O–H groups in total. The van der Waals surface area contributed by atoms with Crippen LogP contribution >= 0.6 is 0 Å². The molecule has 1 aromatic heterocycles. The zero-order valence-electron chi connectivity index (χ0n) is 17.1. The van der Waals surface area contributed by atoms with Crippen molar-refractivity contribution in [3.63, 3.8) is 0 Å². The van der Waals surface area contributed by atoms with Crippen molar-refractivity contribution in [2.45, 2.75) is 38.3 Å². The first-order valence-corrected chi connectivity index (χ1v) is 10.6. The molecule has 2 saturated heterocycles. The van der Waals surface area contributed by atoms with Gasteiger partial charge >= 0.3 is 0 Å². The van der Waals surface area contributed by atoms with E-state index >= 15 is 0 Å². The molecule has 30 heavy (non-hydrogen) atoms. The Morgan fingerprint density at radius 1 is 1.23 bits per heavy atom. The number of nitrogens with zero attached hydrogens (tertiary/aromatic N) is 3. The van der Waals surface area contributed by atoms with E-state index in [-0.39, 0.29) is 17.9 Å². The van der Waals surface area contributed by atoms with E-state index < -0.39 is 0 Å². The molecular weight excluding hydrogens is 378 g/mol. The maximum absolute atomic E-state index is 12.9. The summed E-state index contributed by atoms with van der Waals surface area (Å²) < 4.78 is 5.74. The molecule has 2 aliphatic rings. The predicted octanol–water partition coefficient (Wildman–Crippen LogP) is 3.43. The van der Waals surface area contributed by atoms with E-state index in [9.17, 15) is 9.59 Å². The van der Waals surface area contributed by atoms with E-state index in [4.69, 9.17) is 4.74 Å². The van der Waals surface area contributed by atoms with Gasteiger partial charge in [-0.15, -0.1) is 0 Å². The van der Waals surface area contributed by atoms with Crippen LogP contribution in [0.15, 0.2) is 54.9 Å². The number of hydrogen-bond donors (Lipinski definition) is 0. The topological polar surface area (TPSA) is 62.7 Å². The Hall–Kier alpha value is -2.99. The van der Waals surface area contributed by atoms with Gasteiger partial charge in [-0.3, -0.25) is 14.6 Å². The van der Waals surface area contributed by atoms with Gasteiger partial charge in [-0.2, -0.15) is 0 Å². The molecule has 156 valence electrons. The number of rotatable bonds is 7. The fraction of sp³-hybridized carbons (Fsp3) is 0.375. The summed E-state index contributed by atoms with van der Waals surface area (Å²) in [5, 5.41) is 0. The lowest BCUT2D eigenvalue weighted by molar-refractivity contribution is -0.128. The number of ether oxygens (including phenoxy) is 1. The maximum Gasteiger partial charge on any atom is 0.246 e. The summed E-state index contributed by atoms with van der Waals surface area (Å²) >= 11 is 0. The summed E-state index contributed by atoms with van der Waals surface area (Å²) in [6.07, 6.45) is 10.6. The molecule has 0 aliphatic carbocycles. The molecule has 6 nitrogen and oxygen atoms in total. The van der Waals surface area contributed by atoms with Crippen LogP contribution in [0.25, 0.3) is 6.08 Å². The van der Waals surface area contributed by atoms with Gasteiger partial charge in [-0.25, -0.2) is 0 Å². The summed E-state index contributed by atoms with van der Waals surface area (Å²) in [7, 11) is 0. The largest absolute Gasteiger partial charge is 0.376 e. The van der Waals surface area contributed by atoms with Crippen LogP contribution < -0.4 is 4.90 Å². The number of benzene rings is 1. The van der Waals surface area contributed by atoms with Gasteiger partial charge in [0.05, 0.1) is 6.10 Å². The first kappa shape index (κ1) is 20.3. The second-order valence-corrected chi connectivity index (χ2v) is 7.79. The Morgan fingerprint density at radius 2 is 2.10 bits per heavy atom. The number of carbonyl (C=O) groups is 2. The van der Waals surface area contributed by atoms with Crippen LogP contribution in [0.5, 0.6) is 0 Å². The Kier molecular flexibility index (Phi) is 6.54. The standard InChI is InChI=1S/C24H27N3O3/c28-23(12-9-19-7-10-21(11-8-19)27-14-2-6-24(27)29)26(18-22-5-3-15-30-22)17-20-4-1-13-25-16-20/h1,4,7-13,16,22H,2-3,5-6,14-15,17-18H2/b12-9+. The van der Waals surface area contributed by atoms with E-state index in [1.54, 1.807) is 18.5 Å². The molecule has 0 bridgehead atoms. The number of aromatic nitrogens is 1. The summed E-state index contributed by atoms with van der Waals surface area (Å²) in [5.74, 6) is 0.127. The summed E-state index contributed by atoms with van der Waals surface area (Å²) in [6.45, 7) is 2.63. The zero-order chi connectivity index (χ0) is 20.8. The lowest BCUT2D eigenvalue weighted by atomic mass is 10.1. The average molecular weight is 405 g/mol. The highest BCUT2D eigenvalue weighted by Crippen LogP contribution is 2.22. The minimum atomic E-state index is -0.0480. The van der Waals surface area contributed by atoms with Crippen LogP contribution in [0.2, 0.25) is 0 Å². The van der Waals surface area contributed by atoms with Gasteiger partial charge < -0.3 is 14.5 Å². The molecule has 1 atom stereocenters. The van der Waals surface area contributed by atoms with Gasteiger partial charge in [0.25, 0.3) is 0 Å². The molecule has 1 unspecified atom stereocenters. The van der Waals surface area contributed by atoms with Crippen molar-refractivity contribution in [3.05, 3.63) is 66.0 Å². The van der Waals surface area contributed by atoms with Crippen molar-refractivity contribution in [3.8, 4) is 0 Å². The third-order valence-electron chi connectivity index (χ3n) is 5.55. The highest BCUT2D eigenvalue weighted by atomic mass is 16.5. The Bertz CT molecular complexity index is 890. The fourth-order valence-corrected chi connectivity index (χ4v) is 3.94. The molecule has 6 heteroatoms. The predicted molar refractivity (Wildman–Crippen MR) is 116 cm³/mol. The first-order valence-electron chi connectivity index (χ1n) is 10.6. The number of amides is 2. The van der Waals surface area contributed by atoms with Gasteiger partial charge in [0.15, 0.2) is 0 Å². The monoisotopic (exact) mass is 405 g/mol. The lowest BCUT2D eigenvalue weighted by Gasteiger charge is -2.24. The van der Waals surface area contributed by atoms with E-state index in [0.29, 0.717) is 19.5 Å². The van der Waals surface area contributed by atoms with Crippen LogP contribution in [-0.4, -0.2) is 47.5 Å². The molecule has 1 aromatic carbocycles. The SMILES string of the molecule is O=C(/C=C/c1ccc(N2CCCC2=O)cc1)N(Cc1cccnc1)CC1CCCO1. The highest BCUT2D eigenvalue weighted by Gasteiger charge is 2.22. The van der Waals surface area contributed by atoms with Crippen LogP contribution in [0, 0.1) is 0 Å². The minimum Gasteiger partial charge on any atom is -0.376 e. The van der Waals surface area contributed by atoms with Crippen LogP contribution in [0.1, 0.15) is 36.8 Å². The Labute approximate surface area is 177 Å². The summed E-state index contributed by atoms with van der Waals surface area (Å²) in [6, 6.07) is 11.6. The number of pyridine rings is 1. The van der Waals surface area contributed by atoms with E-state index in [1.807, 2.05) is 52.3 Å². The molecule has 4 rings (SSSR count). The van der Waals surface area contributed by atoms with Crippen molar-refractivity contribution in [2.75, 3.05) is 24.6 Å². The summed E-state index contributed by atoms with van der Waals surface area (Å²) in [4.78, 5) is 32.6. The zero-order valence-corrected chi connectivity index (χ0v) is 17.1. The van der Waals surface area contributed by atoms with Crippen LogP contribution in [0.3, 0.4) is 0 Å². The third-order valence-corrected chi connectivity index (χ3v) is 5.55. The fourth-order valence-electron chi connectivity index (χ4n) is 3.94. The summed E-state index contributed by atoms with van der Waals surface area (Å²) in [5.41, 5.74) is 2.84. The highest BCUT2D eigenvalue weighted by molar-refractivity contribution is 5.95. The van der Waals surface area contributed by atoms with E-state index in [2.05, 4.69) is 4.98 Å². The van der Waals surface area contributed by atoms with E-state index in [0.717, 1.165) is 49.2 Å². The molecule has 0 spiro atoms. The maximum atomic E-state index is 12.9. The number of carbonyl (C=O) groups excluding carboxylic acids is 2. The van der Waals surface area contributed by atoms with Gasteiger partial charge in [0.1, 0.15) is 0 Å². The van der Waals surface area contributed by atoms with Crippen LogP contribution in [-0.2, 0) is 20.9 Å². The molecule has 2 aliphatic heterocycles. The van der Waals surface area contributed by atoms with Crippen LogP contribution in [0.4, 0.5) is 5.69 Å². The van der Waals surface area contributed by atoms with Crippen molar-refractivity contribution >= 4 is 23.6 Å². The van der Waals surface area contributed by atoms with Crippen molar-refractivity contribution in [2.24, 2.45) is 0 Å². The minimum absolute atomic E-state index is 0.0480. The van der Waals surface area contributed by atoms with Crippen molar-refractivity contribution in [1.29, 1.82) is 0 Å². The van der Waals surface area contributed by atoms with Gasteiger partial charge in [-0.1, -0.05) is 18.2 Å². The van der Waals surface area contributed by atoms with Crippen molar-refractivity contribution < 1.29 is 14.3 Å². The van der Waals surface area contributed by atoms with E-state index in [1.165, 1.54) is 0 Å². The third kappa shape index (κ3) is 5.13. The quantitative estimate of drug-likeness (QED) is 0.662. The molecule has 2 amide bonds. The molecule has 2 aromatic rings. The molecule has 0 saturated carbocycles. The second kappa shape index (κ2) is 9.67. The lowest BCUT2D eigenvalue weighted by Crippen LogP contribution is -2.35. The molecule has 2 fully saturated rings.